The third-order valence-electron chi connectivity index (χ3n) is 2.69. The van der Waals surface area contributed by atoms with Crippen LogP contribution in [-0.2, 0) is 10.0 Å². The number of aromatic carboxylic acids is 1. The lowest BCUT2D eigenvalue weighted by Gasteiger charge is -2.10. The predicted molar refractivity (Wildman–Crippen MR) is 78.5 cm³/mol. The van der Waals surface area contributed by atoms with Gasteiger partial charge in [-0.2, -0.15) is 0 Å². The Morgan fingerprint density at radius 3 is 2.50 bits per heavy atom. The standard InChI is InChI=1S/C12H10ClN3O5S/c13-6-1-2-8(11(14)17)9(3-6)16-22(20,21)7-4-10(12(18)19)15-5-7/h1-5,15-16H,(H2,14,17)(H,18,19). The zero-order valence-corrected chi connectivity index (χ0v) is 12.4. The quantitative estimate of drug-likeness (QED) is 0.646. The molecule has 0 aliphatic carbocycles. The molecule has 8 nitrogen and oxygen atoms in total. The van der Waals surface area contributed by atoms with Crippen LogP contribution in [0.3, 0.4) is 0 Å². The maximum atomic E-state index is 12.2. The van der Waals surface area contributed by atoms with Crippen molar-refractivity contribution in [3.63, 3.8) is 0 Å². The Kier molecular flexibility index (Phi) is 4.11. The molecule has 5 N–H and O–H groups in total. The largest absolute Gasteiger partial charge is 0.477 e. The van der Waals surface area contributed by atoms with Crippen molar-refractivity contribution in [2.24, 2.45) is 5.73 Å². The fourth-order valence-electron chi connectivity index (χ4n) is 1.67. The summed E-state index contributed by atoms with van der Waals surface area (Å²) < 4.78 is 26.6. The molecule has 0 saturated heterocycles. The first-order valence-electron chi connectivity index (χ1n) is 5.74. The van der Waals surface area contributed by atoms with Crippen LogP contribution in [-0.4, -0.2) is 30.4 Å². The van der Waals surface area contributed by atoms with E-state index in [1.54, 1.807) is 0 Å². The van der Waals surface area contributed by atoms with Crippen LogP contribution in [0.4, 0.5) is 5.69 Å². The highest BCUT2D eigenvalue weighted by Gasteiger charge is 2.21. The smallest absolute Gasteiger partial charge is 0.352 e. The molecular weight excluding hydrogens is 334 g/mol. The SMILES string of the molecule is NC(=O)c1ccc(Cl)cc1NS(=O)(=O)c1c[nH]c(C(=O)O)c1. The Bertz CT molecular complexity index is 859. The van der Waals surface area contributed by atoms with E-state index in [2.05, 4.69) is 9.71 Å². The lowest BCUT2D eigenvalue weighted by Crippen LogP contribution is -2.18. The minimum Gasteiger partial charge on any atom is -0.477 e. The maximum absolute atomic E-state index is 12.2. The highest BCUT2D eigenvalue weighted by molar-refractivity contribution is 7.92. The van der Waals surface area contributed by atoms with Crippen LogP contribution in [0.1, 0.15) is 20.8 Å². The van der Waals surface area contributed by atoms with Gasteiger partial charge in [0.15, 0.2) is 0 Å². The lowest BCUT2D eigenvalue weighted by molar-refractivity contribution is 0.0691. The van der Waals surface area contributed by atoms with E-state index in [1.165, 1.54) is 18.2 Å². The number of rotatable bonds is 5. The van der Waals surface area contributed by atoms with Crippen molar-refractivity contribution in [1.82, 2.24) is 4.98 Å². The van der Waals surface area contributed by atoms with Crippen LogP contribution >= 0.6 is 11.6 Å². The highest BCUT2D eigenvalue weighted by atomic mass is 35.5. The molecule has 0 atom stereocenters. The summed E-state index contributed by atoms with van der Waals surface area (Å²) in [6.45, 7) is 0. The summed E-state index contributed by atoms with van der Waals surface area (Å²) in [6.07, 6.45) is 1.01. The molecule has 10 heteroatoms. The van der Waals surface area contributed by atoms with Crippen molar-refractivity contribution >= 4 is 39.2 Å². The molecule has 1 amide bonds. The molecule has 0 fully saturated rings. The first-order chi connectivity index (χ1) is 10.2. The molecule has 0 unspecified atom stereocenters. The number of carboxylic acids is 1. The summed E-state index contributed by atoms with van der Waals surface area (Å²) in [6, 6.07) is 4.84. The van der Waals surface area contributed by atoms with Crippen LogP contribution in [0.5, 0.6) is 0 Å². The van der Waals surface area contributed by atoms with Crippen molar-refractivity contribution in [2.45, 2.75) is 4.90 Å². The van der Waals surface area contributed by atoms with E-state index in [4.69, 9.17) is 22.4 Å². The van der Waals surface area contributed by atoms with Crippen molar-refractivity contribution in [3.05, 3.63) is 46.7 Å². The molecule has 0 aliphatic rings. The molecule has 0 radical (unpaired) electrons. The number of carboxylic acid groups (broad SMARTS) is 1. The summed E-state index contributed by atoms with van der Waals surface area (Å²) in [5.74, 6) is -2.14. The van der Waals surface area contributed by atoms with Gasteiger partial charge in [0.25, 0.3) is 15.9 Å². The lowest BCUT2D eigenvalue weighted by atomic mass is 10.2. The number of primary amides is 1. The van der Waals surface area contributed by atoms with E-state index in [0.717, 1.165) is 12.3 Å². The van der Waals surface area contributed by atoms with Crippen LogP contribution in [0.25, 0.3) is 0 Å². The Balaban J connectivity index is 2.42. The first-order valence-corrected chi connectivity index (χ1v) is 7.60. The molecule has 2 rings (SSSR count). The predicted octanol–water partition coefficient (Wildman–Crippen LogP) is 1.27. The average molecular weight is 344 g/mol. The topological polar surface area (TPSA) is 142 Å². The summed E-state index contributed by atoms with van der Waals surface area (Å²) >= 11 is 5.77. The number of benzene rings is 1. The third kappa shape index (κ3) is 3.21. The number of H-pyrrole nitrogens is 1. The van der Waals surface area contributed by atoms with Gasteiger partial charge in [-0.1, -0.05) is 11.6 Å². The Hall–Kier alpha value is -2.52. The Morgan fingerprint density at radius 2 is 1.95 bits per heavy atom. The number of sulfonamides is 1. The number of nitrogens with two attached hydrogens (primary N) is 1. The van der Waals surface area contributed by atoms with Gasteiger partial charge in [-0.05, 0) is 24.3 Å². The molecule has 0 spiro atoms. The number of amides is 1. The number of nitrogens with one attached hydrogen (secondary N) is 2. The van der Waals surface area contributed by atoms with Gasteiger partial charge in [0.2, 0.25) is 0 Å². The van der Waals surface area contributed by atoms with E-state index in [1.807, 2.05) is 0 Å². The van der Waals surface area contributed by atoms with E-state index >= 15 is 0 Å². The molecule has 0 saturated carbocycles. The van der Waals surface area contributed by atoms with Gasteiger partial charge in [-0.25, -0.2) is 13.2 Å². The summed E-state index contributed by atoms with van der Waals surface area (Å²) in [7, 11) is -4.11. The van der Waals surface area contributed by atoms with Gasteiger partial charge in [0, 0.05) is 11.2 Å². The molecule has 0 bridgehead atoms. The van der Waals surface area contributed by atoms with Crippen LogP contribution < -0.4 is 10.5 Å². The maximum Gasteiger partial charge on any atom is 0.352 e. The van der Waals surface area contributed by atoms with Crippen molar-refractivity contribution in [1.29, 1.82) is 0 Å². The van der Waals surface area contributed by atoms with Gasteiger partial charge in [-0.15, -0.1) is 0 Å². The van der Waals surface area contributed by atoms with Crippen molar-refractivity contribution in [3.8, 4) is 0 Å². The molecule has 1 heterocycles. The van der Waals surface area contributed by atoms with E-state index in [9.17, 15) is 18.0 Å². The van der Waals surface area contributed by atoms with Gasteiger partial charge < -0.3 is 15.8 Å². The van der Waals surface area contributed by atoms with Gasteiger partial charge in [-0.3, -0.25) is 9.52 Å². The summed E-state index contributed by atoms with van der Waals surface area (Å²) in [5, 5.41) is 8.98. The molecule has 2 aromatic rings. The van der Waals surface area contributed by atoms with Crippen LogP contribution in [0, 0.1) is 0 Å². The van der Waals surface area contributed by atoms with Gasteiger partial charge >= 0.3 is 5.97 Å². The minimum atomic E-state index is -4.11. The number of hydrogen-bond acceptors (Lipinski definition) is 4. The number of aromatic nitrogens is 1. The van der Waals surface area contributed by atoms with E-state index in [0.29, 0.717) is 0 Å². The fourth-order valence-corrected chi connectivity index (χ4v) is 2.91. The molecular formula is C12H10ClN3O5S. The molecule has 22 heavy (non-hydrogen) atoms. The number of aromatic amines is 1. The molecule has 0 aliphatic heterocycles. The fraction of sp³-hybridized carbons (Fsp3) is 0. The second kappa shape index (κ2) is 5.70. The minimum absolute atomic E-state index is 0.0676. The number of halogens is 1. The zero-order valence-electron chi connectivity index (χ0n) is 10.8. The average Bonchev–Trinajstić information content (AvgIpc) is 2.88. The molecule has 1 aromatic heterocycles. The number of carbonyl (C=O) groups is 2. The van der Waals surface area contributed by atoms with Crippen LogP contribution in [0.2, 0.25) is 5.02 Å². The van der Waals surface area contributed by atoms with Crippen molar-refractivity contribution < 1.29 is 23.1 Å². The Labute approximate surface area is 129 Å². The van der Waals surface area contributed by atoms with Gasteiger partial charge in [0.05, 0.1) is 11.3 Å². The van der Waals surface area contributed by atoms with Gasteiger partial charge in [0.1, 0.15) is 10.6 Å². The zero-order chi connectivity index (χ0) is 16.5. The highest BCUT2D eigenvalue weighted by Crippen LogP contribution is 2.24. The van der Waals surface area contributed by atoms with Crippen LogP contribution in [0.15, 0.2) is 35.4 Å². The monoisotopic (exact) mass is 343 g/mol. The van der Waals surface area contributed by atoms with E-state index < -0.39 is 21.9 Å². The first kappa shape index (κ1) is 15.9. The Morgan fingerprint density at radius 1 is 1.27 bits per heavy atom. The third-order valence-corrected chi connectivity index (χ3v) is 4.27. The second-order valence-corrected chi connectivity index (χ2v) is 6.33. The normalized spacial score (nSPS) is 11.1. The number of anilines is 1. The van der Waals surface area contributed by atoms with Crippen molar-refractivity contribution in [2.75, 3.05) is 4.72 Å². The number of hydrogen-bond donors (Lipinski definition) is 4. The molecule has 1 aromatic carbocycles. The number of carbonyl (C=O) groups excluding carboxylic acids is 1. The molecule has 116 valence electrons. The second-order valence-electron chi connectivity index (χ2n) is 4.21. The summed E-state index contributed by atoms with van der Waals surface area (Å²) in [4.78, 5) is 24.1. The van der Waals surface area contributed by atoms with E-state index in [-0.39, 0.29) is 26.9 Å². The summed E-state index contributed by atoms with van der Waals surface area (Å²) in [5.41, 5.74) is 4.71.